The minimum absolute atomic E-state index is 0.135. The number of benzene rings is 1. The van der Waals surface area contributed by atoms with E-state index in [2.05, 4.69) is 17.0 Å². The van der Waals surface area contributed by atoms with E-state index >= 15 is 0 Å². The van der Waals surface area contributed by atoms with Crippen molar-refractivity contribution in [3.63, 3.8) is 0 Å². The van der Waals surface area contributed by atoms with Crippen LogP contribution in [0, 0.1) is 16.0 Å². The number of rotatable bonds is 8. The smallest absolute Gasteiger partial charge is 0.324 e. The molecule has 0 unspecified atom stereocenters. The molecule has 4 heterocycles. The fraction of sp³-hybridized carbons (Fsp3) is 0.346. The maximum atomic E-state index is 10.9. The number of aliphatic hydroxyl groups excluding tert-OH is 1. The van der Waals surface area contributed by atoms with Crippen LogP contribution in [0.5, 0.6) is 5.75 Å². The zero-order valence-corrected chi connectivity index (χ0v) is 21.5. The number of ether oxygens (including phenoxy) is 1. The molecular formula is C26H27ClN4O4S. The first-order valence-corrected chi connectivity index (χ1v) is 13.1. The SMILES string of the molecule is COc1cc(CO)c(-c2cn3ccc(CC4CCN(Cc5csc([N+](=O)[O-])c5)CC4)cc3n2)cc1Cl. The highest BCUT2D eigenvalue weighted by atomic mass is 35.5. The number of hydrogen-bond donors (Lipinski definition) is 1. The molecule has 0 amide bonds. The number of nitrogens with zero attached hydrogens (tertiary/aromatic N) is 4. The molecule has 36 heavy (non-hydrogen) atoms. The first-order valence-electron chi connectivity index (χ1n) is 11.8. The minimum atomic E-state index is -0.322. The van der Waals surface area contributed by atoms with Gasteiger partial charge >= 0.3 is 5.00 Å². The van der Waals surface area contributed by atoms with Gasteiger partial charge in [0.25, 0.3) is 0 Å². The van der Waals surface area contributed by atoms with E-state index in [0.717, 1.165) is 61.4 Å². The molecule has 1 fully saturated rings. The van der Waals surface area contributed by atoms with Gasteiger partial charge in [0.05, 0.1) is 29.4 Å². The lowest BCUT2D eigenvalue weighted by molar-refractivity contribution is -0.380. The number of pyridine rings is 1. The van der Waals surface area contributed by atoms with E-state index in [0.29, 0.717) is 22.3 Å². The number of hydrogen-bond acceptors (Lipinski definition) is 7. The average molecular weight is 527 g/mol. The summed E-state index contributed by atoms with van der Waals surface area (Å²) in [6.45, 7) is 2.62. The monoisotopic (exact) mass is 526 g/mol. The van der Waals surface area contributed by atoms with Gasteiger partial charge in [0.15, 0.2) is 0 Å². The fourth-order valence-electron chi connectivity index (χ4n) is 4.88. The van der Waals surface area contributed by atoms with Gasteiger partial charge in [-0.3, -0.25) is 15.0 Å². The molecule has 1 aliphatic rings. The van der Waals surface area contributed by atoms with Crippen molar-refractivity contribution in [3.8, 4) is 17.0 Å². The van der Waals surface area contributed by atoms with Gasteiger partial charge in [-0.1, -0.05) is 22.9 Å². The molecule has 0 bridgehead atoms. The summed E-state index contributed by atoms with van der Waals surface area (Å²) in [6.07, 6.45) is 7.17. The number of likely N-dealkylation sites (tertiary alicyclic amines) is 1. The Kier molecular flexibility index (Phi) is 7.25. The standard InChI is InChI=1S/C26H27ClN4O4S/c1-35-24-11-20(15-32)21(12-22(24)27)23-14-30-7-4-18(9-25(30)28-23)8-17-2-5-29(6-3-17)13-19-10-26(31(33)34)36-16-19/h4,7,9-12,14,16-17,32H,2-3,5-6,8,13,15H2,1H3. The predicted molar refractivity (Wildman–Crippen MR) is 141 cm³/mol. The minimum Gasteiger partial charge on any atom is -0.495 e. The molecule has 0 aliphatic carbocycles. The van der Waals surface area contributed by atoms with E-state index in [1.165, 1.54) is 16.9 Å². The Morgan fingerprint density at radius 2 is 2.06 bits per heavy atom. The summed E-state index contributed by atoms with van der Waals surface area (Å²) in [4.78, 5) is 17.8. The van der Waals surface area contributed by atoms with Crippen molar-refractivity contribution in [2.24, 2.45) is 5.92 Å². The molecule has 0 spiro atoms. The van der Waals surface area contributed by atoms with Gasteiger partial charge < -0.3 is 14.2 Å². The number of methoxy groups -OCH3 is 1. The van der Waals surface area contributed by atoms with Gasteiger partial charge in [0, 0.05) is 35.9 Å². The summed E-state index contributed by atoms with van der Waals surface area (Å²) in [7, 11) is 1.55. The summed E-state index contributed by atoms with van der Waals surface area (Å²) in [5.41, 5.74) is 5.38. The molecule has 3 aromatic heterocycles. The van der Waals surface area contributed by atoms with Crippen LogP contribution in [0.1, 0.15) is 29.5 Å². The number of aromatic nitrogens is 2. The van der Waals surface area contributed by atoms with Gasteiger partial charge in [0.2, 0.25) is 0 Å². The van der Waals surface area contributed by atoms with Crippen molar-refractivity contribution in [1.82, 2.24) is 14.3 Å². The highest BCUT2D eigenvalue weighted by Crippen LogP contribution is 2.34. The average Bonchev–Trinajstić information content (AvgIpc) is 3.52. The van der Waals surface area contributed by atoms with Gasteiger partial charge in [0.1, 0.15) is 11.4 Å². The molecule has 4 aromatic rings. The van der Waals surface area contributed by atoms with Crippen molar-refractivity contribution < 1.29 is 14.8 Å². The molecule has 0 radical (unpaired) electrons. The lowest BCUT2D eigenvalue weighted by Crippen LogP contribution is -2.33. The van der Waals surface area contributed by atoms with Crippen LogP contribution in [-0.4, -0.2) is 44.5 Å². The number of fused-ring (bicyclic) bond motifs is 1. The van der Waals surface area contributed by atoms with E-state index in [9.17, 15) is 15.2 Å². The van der Waals surface area contributed by atoms with Gasteiger partial charge in [-0.05, 0) is 79.2 Å². The highest BCUT2D eigenvalue weighted by Gasteiger charge is 2.21. The Labute approximate surface area is 217 Å². The predicted octanol–water partition coefficient (Wildman–Crippen LogP) is 5.58. The van der Waals surface area contributed by atoms with Crippen LogP contribution in [0.3, 0.4) is 0 Å². The summed E-state index contributed by atoms with van der Waals surface area (Å²) >= 11 is 7.53. The van der Waals surface area contributed by atoms with Crippen LogP contribution in [0.15, 0.2) is 48.1 Å². The van der Waals surface area contributed by atoms with Gasteiger partial charge in [-0.15, -0.1) is 0 Å². The molecule has 188 valence electrons. The van der Waals surface area contributed by atoms with E-state index in [-0.39, 0.29) is 16.5 Å². The number of thiophene rings is 1. The second-order valence-corrected chi connectivity index (χ2v) is 10.5. The Morgan fingerprint density at radius 1 is 1.25 bits per heavy atom. The Morgan fingerprint density at radius 3 is 2.75 bits per heavy atom. The maximum absolute atomic E-state index is 10.9. The van der Waals surface area contributed by atoms with E-state index in [1.54, 1.807) is 25.3 Å². The molecule has 1 N–H and O–H groups in total. The van der Waals surface area contributed by atoms with Gasteiger partial charge in [-0.25, -0.2) is 4.98 Å². The third-order valence-electron chi connectivity index (χ3n) is 6.81. The molecule has 10 heteroatoms. The van der Waals surface area contributed by atoms with Crippen molar-refractivity contribution in [2.45, 2.75) is 32.4 Å². The number of halogens is 1. The van der Waals surface area contributed by atoms with Crippen LogP contribution in [0.25, 0.3) is 16.9 Å². The second kappa shape index (κ2) is 10.6. The van der Waals surface area contributed by atoms with Crippen LogP contribution in [-0.2, 0) is 19.6 Å². The van der Waals surface area contributed by atoms with Gasteiger partial charge in [-0.2, -0.15) is 0 Å². The Balaban J connectivity index is 1.24. The largest absolute Gasteiger partial charge is 0.495 e. The zero-order valence-electron chi connectivity index (χ0n) is 19.9. The number of aliphatic hydroxyl groups is 1. The number of nitro groups is 1. The van der Waals surface area contributed by atoms with Crippen molar-refractivity contribution >= 4 is 33.6 Å². The van der Waals surface area contributed by atoms with Crippen molar-refractivity contribution in [1.29, 1.82) is 0 Å². The molecule has 5 rings (SSSR count). The molecule has 1 aliphatic heterocycles. The summed E-state index contributed by atoms with van der Waals surface area (Å²) in [5.74, 6) is 1.12. The van der Waals surface area contributed by atoms with Crippen LogP contribution in [0.4, 0.5) is 5.00 Å². The maximum Gasteiger partial charge on any atom is 0.324 e. The lowest BCUT2D eigenvalue weighted by Gasteiger charge is -2.31. The molecule has 1 aromatic carbocycles. The molecule has 0 saturated carbocycles. The summed E-state index contributed by atoms with van der Waals surface area (Å²) in [6, 6.07) is 9.50. The third kappa shape index (κ3) is 5.24. The highest BCUT2D eigenvalue weighted by molar-refractivity contribution is 7.13. The number of piperidine rings is 1. The topological polar surface area (TPSA) is 93.1 Å². The third-order valence-corrected chi connectivity index (χ3v) is 8.03. The molecular weight excluding hydrogens is 500 g/mol. The van der Waals surface area contributed by atoms with Crippen molar-refractivity contribution in [3.05, 3.63) is 79.9 Å². The second-order valence-electron chi connectivity index (χ2n) is 9.20. The van der Waals surface area contributed by atoms with Crippen LogP contribution < -0.4 is 4.74 Å². The van der Waals surface area contributed by atoms with E-state index in [1.807, 2.05) is 22.2 Å². The molecule has 0 atom stereocenters. The van der Waals surface area contributed by atoms with Crippen molar-refractivity contribution in [2.75, 3.05) is 20.2 Å². The van der Waals surface area contributed by atoms with E-state index < -0.39 is 0 Å². The first-order chi connectivity index (χ1) is 17.4. The first kappa shape index (κ1) is 24.7. The molecule has 8 nitrogen and oxygen atoms in total. The Bertz CT molecular complexity index is 1390. The summed E-state index contributed by atoms with van der Waals surface area (Å²) < 4.78 is 7.26. The quantitative estimate of drug-likeness (QED) is 0.238. The van der Waals surface area contributed by atoms with Crippen LogP contribution in [0.2, 0.25) is 5.02 Å². The summed E-state index contributed by atoms with van der Waals surface area (Å²) in [5, 5.41) is 23.4. The molecule has 1 saturated heterocycles. The normalized spacial score (nSPS) is 15.0. The zero-order chi connectivity index (χ0) is 25.2. The number of imidazole rings is 1. The van der Waals surface area contributed by atoms with Crippen LogP contribution >= 0.6 is 22.9 Å². The lowest BCUT2D eigenvalue weighted by atomic mass is 9.90. The fourth-order valence-corrected chi connectivity index (χ4v) is 5.84. The van der Waals surface area contributed by atoms with E-state index in [4.69, 9.17) is 21.3 Å². The Hall–Kier alpha value is -2.98.